The first-order valence-corrected chi connectivity index (χ1v) is 9.10. The van der Waals surface area contributed by atoms with Crippen LogP contribution in [0.3, 0.4) is 0 Å². The molecule has 0 radical (unpaired) electrons. The largest absolute Gasteiger partial charge is 0.491 e. The summed E-state index contributed by atoms with van der Waals surface area (Å²) in [5.74, 6) is -1.49. The van der Waals surface area contributed by atoms with Crippen molar-refractivity contribution in [2.24, 2.45) is 0 Å². The predicted octanol–water partition coefficient (Wildman–Crippen LogP) is 5.50. The van der Waals surface area contributed by atoms with Crippen molar-refractivity contribution in [2.75, 3.05) is 6.61 Å². The smallest absolute Gasteiger partial charge is 0.347 e. The first kappa shape index (κ1) is 20.1. The fourth-order valence-electron chi connectivity index (χ4n) is 2.44. The van der Waals surface area contributed by atoms with E-state index in [1.165, 1.54) is 13.8 Å². The fourth-order valence-corrected chi connectivity index (χ4v) is 3.21. The molecule has 2 aromatic carbocycles. The maximum atomic E-state index is 14.7. The lowest BCUT2D eigenvalue weighted by atomic mass is 10.0. The van der Waals surface area contributed by atoms with E-state index in [9.17, 15) is 14.0 Å². The molecule has 138 valence electrons. The summed E-state index contributed by atoms with van der Waals surface area (Å²) < 4.78 is 25.9. The maximum absolute atomic E-state index is 14.7. The average molecular weight is 423 g/mol. The number of halogens is 2. The molecule has 4 nitrogen and oxygen atoms in total. The van der Waals surface area contributed by atoms with Gasteiger partial charge in [-0.3, -0.25) is 4.79 Å². The second-order valence-corrected chi connectivity index (χ2v) is 6.59. The standard InChI is InChI=1S/C20H20BrFO4/c1-4-5-11-25-19-15(20(24)26-14-9-7-6-8-10-14)12(2)18(22)16(13(3)23)17(19)21/h6-10H,4-5,11H2,1-3H3. The van der Waals surface area contributed by atoms with Gasteiger partial charge in [0.2, 0.25) is 0 Å². The van der Waals surface area contributed by atoms with E-state index < -0.39 is 17.6 Å². The summed E-state index contributed by atoms with van der Waals surface area (Å²) in [5, 5.41) is 0. The number of carbonyl (C=O) groups excluding carboxylic acids is 2. The van der Waals surface area contributed by atoms with E-state index in [2.05, 4.69) is 15.9 Å². The second-order valence-electron chi connectivity index (χ2n) is 5.79. The molecule has 0 unspecified atom stereocenters. The van der Waals surface area contributed by atoms with Crippen LogP contribution < -0.4 is 9.47 Å². The number of benzene rings is 2. The highest BCUT2D eigenvalue weighted by Gasteiger charge is 2.29. The molecule has 0 fully saturated rings. The van der Waals surface area contributed by atoms with Crippen molar-refractivity contribution in [3.63, 3.8) is 0 Å². The predicted molar refractivity (Wildman–Crippen MR) is 101 cm³/mol. The van der Waals surface area contributed by atoms with Gasteiger partial charge in [0.25, 0.3) is 0 Å². The number of hydrogen-bond donors (Lipinski definition) is 0. The van der Waals surface area contributed by atoms with Gasteiger partial charge < -0.3 is 9.47 Å². The third-order valence-electron chi connectivity index (χ3n) is 3.82. The zero-order valence-corrected chi connectivity index (χ0v) is 16.5. The van der Waals surface area contributed by atoms with Crippen molar-refractivity contribution in [3.05, 3.63) is 57.3 Å². The van der Waals surface area contributed by atoms with Crippen molar-refractivity contribution in [1.29, 1.82) is 0 Å². The monoisotopic (exact) mass is 422 g/mol. The van der Waals surface area contributed by atoms with E-state index in [0.29, 0.717) is 12.4 Å². The Balaban J connectivity index is 2.54. The zero-order valence-electron chi connectivity index (χ0n) is 14.9. The summed E-state index contributed by atoms with van der Waals surface area (Å²) in [4.78, 5) is 24.6. The van der Waals surface area contributed by atoms with Crippen LogP contribution in [0.5, 0.6) is 11.5 Å². The van der Waals surface area contributed by atoms with Crippen LogP contribution in [0.25, 0.3) is 0 Å². The minimum Gasteiger partial charge on any atom is -0.491 e. The SMILES string of the molecule is CCCCOc1c(Br)c(C(C)=O)c(F)c(C)c1C(=O)Oc1ccccc1. The number of hydrogen-bond acceptors (Lipinski definition) is 4. The molecule has 0 amide bonds. The van der Waals surface area contributed by atoms with Gasteiger partial charge in [0, 0.05) is 5.56 Å². The van der Waals surface area contributed by atoms with Crippen LogP contribution in [-0.4, -0.2) is 18.4 Å². The quantitative estimate of drug-likeness (QED) is 0.256. The molecule has 0 aromatic heterocycles. The first-order valence-electron chi connectivity index (χ1n) is 8.31. The molecule has 2 rings (SSSR count). The third kappa shape index (κ3) is 4.30. The summed E-state index contributed by atoms with van der Waals surface area (Å²) in [6.45, 7) is 5.03. The highest BCUT2D eigenvalue weighted by Crippen LogP contribution is 2.38. The number of ketones is 1. The number of carbonyl (C=O) groups is 2. The Morgan fingerprint density at radius 3 is 2.38 bits per heavy atom. The number of rotatable bonds is 7. The van der Waals surface area contributed by atoms with E-state index >= 15 is 0 Å². The van der Waals surface area contributed by atoms with Gasteiger partial charge in [0.15, 0.2) is 5.78 Å². The lowest BCUT2D eigenvalue weighted by molar-refractivity contribution is 0.0727. The normalized spacial score (nSPS) is 10.5. The van der Waals surface area contributed by atoms with E-state index in [4.69, 9.17) is 9.47 Å². The van der Waals surface area contributed by atoms with Crippen molar-refractivity contribution in [1.82, 2.24) is 0 Å². The molecule has 0 heterocycles. The van der Waals surface area contributed by atoms with Crippen LogP contribution >= 0.6 is 15.9 Å². The van der Waals surface area contributed by atoms with Crippen molar-refractivity contribution in [3.8, 4) is 11.5 Å². The summed E-state index contributed by atoms with van der Waals surface area (Å²) in [5.41, 5.74) is -0.143. The fraction of sp³-hybridized carbons (Fsp3) is 0.300. The summed E-state index contributed by atoms with van der Waals surface area (Å²) in [7, 11) is 0. The minimum atomic E-state index is -0.757. The molecule has 0 aliphatic carbocycles. The Morgan fingerprint density at radius 2 is 1.81 bits per heavy atom. The molecule has 0 saturated heterocycles. The molecule has 0 spiro atoms. The lowest BCUT2D eigenvalue weighted by Gasteiger charge is -2.18. The summed E-state index contributed by atoms with van der Waals surface area (Å²) in [6, 6.07) is 8.49. The Hall–Kier alpha value is -2.21. The van der Waals surface area contributed by atoms with Gasteiger partial charge in [0.1, 0.15) is 22.9 Å². The molecule has 0 bridgehead atoms. The van der Waals surface area contributed by atoms with Gasteiger partial charge in [-0.15, -0.1) is 0 Å². The highest BCUT2D eigenvalue weighted by atomic mass is 79.9. The number of unbranched alkanes of at least 4 members (excludes halogenated alkanes) is 1. The molecular weight excluding hydrogens is 403 g/mol. The Bertz CT molecular complexity index is 819. The molecular formula is C20H20BrFO4. The third-order valence-corrected chi connectivity index (χ3v) is 4.58. The highest BCUT2D eigenvalue weighted by molar-refractivity contribution is 9.10. The number of ether oxygens (including phenoxy) is 2. The van der Waals surface area contributed by atoms with E-state index in [-0.39, 0.29) is 26.9 Å². The van der Waals surface area contributed by atoms with E-state index in [1.54, 1.807) is 30.3 Å². The summed E-state index contributed by atoms with van der Waals surface area (Å²) >= 11 is 3.23. The van der Waals surface area contributed by atoms with Crippen molar-refractivity contribution >= 4 is 27.7 Å². The second kappa shape index (κ2) is 8.94. The van der Waals surface area contributed by atoms with Gasteiger partial charge >= 0.3 is 5.97 Å². The van der Waals surface area contributed by atoms with E-state index in [1.807, 2.05) is 6.92 Å². The van der Waals surface area contributed by atoms with Crippen LogP contribution in [-0.2, 0) is 0 Å². The molecule has 2 aromatic rings. The topological polar surface area (TPSA) is 52.6 Å². The Labute approximate surface area is 160 Å². The molecule has 0 atom stereocenters. The van der Waals surface area contributed by atoms with Crippen molar-refractivity contribution < 1.29 is 23.5 Å². The average Bonchev–Trinajstić information content (AvgIpc) is 2.60. The maximum Gasteiger partial charge on any atom is 0.347 e. The molecule has 26 heavy (non-hydrogen) atoms. The summed E-state index contributed by atoms with van der Waals surface area (Å²) in [6.07, 6.45) is 1.65. The Morgan fingerprint density at radius 1 is 1.15 bits per heavy atom. The molecule has 0 N–H and O–H groups in total. The number of esters is 1. The number of Topliss-reactive ketones (excluding diaryl/α,β-unsaturated/α-hetero) is 1. The molecule has 0 aliphatic heterocycles. The van der Waals surface area contributed by atoms with Crippen LogP contribution in [0.4, 0.5) is 4.39 Å². The Kier molecular flexibility index (Phi) is 6.91. The zero-order chi connectivity index (χ0) is 19.3. The minimum absolute atomic E-state index is 0.0193. The van der Waals surface area contributed by atoms with Crippen molar-refractivity contribution in [2.45, 2.75) is 33.6 Å². The van der Waals surface area contributed by atoms with Gasteiger partial charge in [-0.1, -0.05) is 31.5 Å². The van der Waals surface area contributed by atoms with Gasteiger partial charge in [-0.2, -0.15) is 0 Å². The number of para-hydroxylation sites is 1. The first-order chi connectivity index (χ1) is 12.4. The molecule has 0 aliphatic rings. The van der Waals surface area contributed by atoms with Gasteiger partial charge in [0.05, 0.1) is 16.6 Å². The van der Waals surface area contributed by atoms with Crippen LogP contribution in [0.2, 0.25) is 0 Å². The van der Waals surface area contributed by atoms with Gasteiger partial charge in [-0.05, 0) is 48.3 Å². The lowest BCUT2D eigenvalue weighted by Crippen LogP contribution is -2.17. The molecule has 0 saturated carbocycles. The van der Waals surface area contributed by atoms with Crippen LogP contribution in [0, 0.1) is 12.7 Å². The van der Waals surface area contributed by atoms with E-state index in [0.717, 1.165) is 12.8 Å². The van der Waals surface area contributed by atoms with Crippen LogP contribution in [0.1, 0.15) is 53.0 Å². The molecule has 6 heteroatoms. The van der Waals surface area contributed by atoms with Gasteiger partial charge in [-0.25, -0.2) is 9.18 Å². The van der Waals surface area contributed by atoms with Crippen LogP contribution in [0.15, 0.2) is 34.8 Å².